The van der Waals surface area contributed by atoms with E-state index in [1.165, 1.54) is 31.2 Å². The number of hydrogen-bond acceptors (Lipinski definition) is 2. The van der Waals surface area contributed by atoms with Crippen LogP contribution in [0.5, 0.6) is 0 Å². The summed E-state index contributed by atoms with van der Waals surface area (Å²) in [5, 5.41) is 5.46. The molecule has 0 spiro atoms. The lowest BCUT2D eigenvalue weighted by Crippen LogP contribution is -2.08. The van der Waals surface area contributed by atoms with Gasteiger partial charge in [-0.25, -0.2) is 8.78 Å². The van der Waals surface area contributed by atoms with Gasteiger partial charge in [-0.3, -0.25) is 4.79 Å². The first-order chi connectivity index (χ1) is 9.95. The summed E-state index contributed by atoms with van der Waals surface area (Å²) >= 11 is 3.34. The predicted molar refractivity (Wildman–Crippen MR) is 82.1 cm³/mol. The SMILES string of the molecule is CC(=O)Nc1cc(NCc2cc(F)ccc2Br)ccc1F. The van der Waals surface area contributed by atoms with Crippen LogP contribution in [0, 0.1) is 11.6 Å². The van der Waals surface area contributed by atoms with Crippen molar-refractivity contribution in [3.8, 4) is 0 Å². The first-order valence-corrected chi connectivity index (χ1v) is 7.00. The second-order valence-electron chi connectivity index (χ2n) is 4.47. The van der Waals surface area contributed by atoms with Crippen LogP contribution in [0.1, 0.15) is 12.5 Å². The monoisotopic (exact) mass is 354 g/mol. The van der Waals surface area contributed by atoms with E-state index in [-0.39, 0.29) is 17.4 Å². The summed E-state index contributed by atoms with van der Waals surface area (Å²) in [7, 11) is 0. The van der Waals surface area contributed by atoms with E-state index in [1.54, 1.807) is 12.1 Å². The third-order valence-corrected chi connectivity index (χ3v) is 3.54. The maximum Gasteiger partial charge on any atom is 0.221 e. The van der Waals surface area contributed by atoms with Gasteiger partial charge in [-0.05, 0) is 42.0 Å². The summed E-state index contributed by atoms with van der Waals surface area (Å²) < 4.78 is 27.5. The molecule has 0 atom stereocenters. The van der Waals surface area contributed by atoms with Gasteiger partial charge in [0.05, 0.1) is 5.69 Å². The van der Waals surface area contributed by atoms with Crippen molar-refractivity contribution in [2.75, 3.05) is 10.6 Å². The van der Waals surface area contributed by atoms with Crippen molar-refractivity contribution in [3.63, 3.8) is 0 Å². The predicted octanol–water partition coefficient (Wildman–Crippen LogP) is 4.30. The van der Waals surface area contributed by atoms with Crippen molar-refractivity contribution in [3.05, 3.63) is 58.1 Å². The van der Waals surface area contributed by atoms with Crippen LogP contribution in [-0.4, -0.2) is 5.91 Å². The van der Waals surface area contributed by atoms with E-state index in [2.05, 4.69) is 26.6 Å². The molecule has 0 bridgehead atoms. The molecule has 2 aromatic rings. The first kappa shape index (κ1) is 15.4. The van der Waals surface area contributed by atoms with E-state index in [0.29, 0.717) is 12.2 Å². The quantitative estimate of drug-likeness (QED) is 0.859. The molecule has 0 fully saturated rings. The molecule has 6 heteroatoms. The van der Waals surface area contributed by atoms with Gasteiger partial charge in [0.25, 0.3) is 0 Å². The highest BCUT2D eigenvalue weighted by molar-refractivity contribution is 9.10. The number of amides is 1. The second kappa shape index (κ2) is 6.67. The van der Waals surface area contributed by atoms with Crippen LogP contribution in [0.25, 0.3) is 0 Å². The zero-order valence-electron chi connectivity index (χ0n) is 11.2. The molecule has 110 valence electrons. The van der Waals surface area contributed by atoms with Gasteiger partial charge in [-0.15, -0.1) is 0 Å². The Morgan fingerprint density at radius 1 is 1.19 bits per heavy atom. The Labute approximate surface area is 129 Å². The number of halogens is 3. The summed E-state index contributed by atoms with van der Waals surface area (Å²) in [4.78, 5) is 11.0. The Kier molecular flexibility index (Phi) is 4.90. The van der Waals surface area contributed by atoms with E-state index in [0.717, 1.165) is 10.0 Å². The van der Waals surface area contributed by atoms with Crippen molar-refractivity contribution < 1.29 is 13.6 Å². The average molecular weight is 355 g/mol. The smallest absolute Gasteiger partial charge is 0.221 e. The standard InChI is InChI=1S/C15H13BrF2N2O/c1-9(21)20-15-7-12(3-5-14(15)18)19-8-10-6-11(17)2-4-13(10)16/h2-7,19H,8H2,1H3,(H,20,21). The molecule has 0 heterocycles. The molecule has 2 rings (SSSR count). The van der Waals surface area contributed by atoms with Crippen molar-refractivity contribution >= 4 is 33.2 Å². The Morgan fingerprint density at radius 2 is 1.95 bits per heavy atom. The lowest BCUT2D eigenvalue weighted by molar-refractivity contribution is -0.114. The summed E-state index contributed by atoms with van der Waals surface area (Å²) in [6, 6.07) is 8.70. The normalized spacial score (nSPS) is 10.3. The summed E-state index contributed by atoms with van der Waals surface area (Å²) in [5.74, 6) is -1.19. The number of benzene rings is 2. The van der Waals surface area contributed by atoms with Crippen LogP contribution >= 0.6 is 15.9 Å². The summed E-state index contributed by atoms with van der Waals surface area (Å²) in [5.41, 5.74) is 1.46. The van der Waals surface area contributed by atoms with Crippen LogP contribution in [0.3, 0.4) is 0 Å². The van der Waals surface area contributed by atoms with E-state index in [1.807, 2.05) is 0 Å². The number of hydrogen-bond donors (Lipinski definition) is 2. The number of nitrogens with one attached hydrogen (secondary N) is 2. The van der Waals surface area contributed by atoms with Crippen LogP contribution < -0.4 is 10.6 Å². The van der Waals surface area contributed by atoms with Gasteiger partial charge in [-0.2, -0.15) is 0 Å². The topological polar surface area (TPSA) is 41.1 Å². The minimum absolute atomic E-state index is 0.103. The average Bonchev–Trinajstić information content (AvgIpc) is 2.42. The lowest BCUT2D eigenvalue weighted by atomic mass is 10.2. The van der Waals surface area contributed by atoms with Gasteiger partial charge in [0.1, 0.15) is 11.6 Å². The first-order valence-electron chi connectivity index (χ1n) is 6.20. The molecular formula is C15H13BrF2N2O. The molecule has 3 nitrogen and oxygen atoms in total. The second-order valence-corrected chi connectivity index (χ2v) is 5.32. The Morgan fingerprint density at radius 3 is 2.67 bits per heavy atom. The number of carbonyl (C=O) groups excluding carboxylic acids is 1. The molecule has 0 saturated carbocycles. The van der Waals surface area contributed by atoms with Gasteiger partial charge in [0, 0.05) is 23.6 Å². The minimum Gasteiger partial charge on any atom is -0.381 e. The highest BCUT2D eigenvalue weighted by Gasteiger charge is 2.06. The van der Waals surface area contributed by atoms with Gasteiger partial charge < -0.3 is 10.6 Å². The molecule has 0 saturated heterocycles. The maximum atomic E-state index is 13.5. The van der Waals surface area contributed by atoms with Crippen molar-refractivity contribution in [2.24, 2.45) is 0 Å². The molecule has 2 N–H and O–H groups in total. The molecule has 0 radical (unpaired) electrons. The van der Waals surface area contributed by atoms with Crippen molar-refractivity contribution in [1.29, 1.82) is 0 Å². The Bertz CT molecular complexity index is 677. The van der Waals surface area contributed by atoms with Gasteiger partial charge in [0.2, 0.25) is 5.91 Å². The fourth-order valence-electron chi connectivity index (χ4n) is 1.80. The van der Waals surface area contributed by atoms with E-state index in [4.69, 9.17) is 0 Å². The fraction of sp³-hybridized carbons (Fsp3) is 0.133. The minimum atomic E-state index is -0.511. The molecular weight excluding hydrogens is 342 g/mol. The molecule has 2 aromatic carbocycles. The number of anilines is 2. The van der Waals surface area contributed by atoms with E-state index >= 15 is 0 Å². The van der Waals surface area contributed by atoms with Crippen molar-refractivity contribution in [1.82, 2.24) is 0 Å². The molecule has 21 heavy (non-hydrogen) atoms. The molecule has 0 aromatic heterocycles. The molecule has 0 aliphatic carbocycles. The number of rotatable bonds is 4. The van der Waals surface area contributed by atoms with Crippen LogP contribution in [0.15, 0.2) is 40.9 Å². The highest BCUT2D eigenvalue weighted by Crippen LogP contribution is 2.22. The van der Waals surface area contributed by atoms with Gasteiger partial charge in [0.15, 0.2) is 0 Å². The van der Waals surface area contributed by atoms with Crippen LogP contribution in [0.2, 0.25) is 0 Å². The number of carbonyl (C=O) groups is 1. The van der Waals surface area contributed by atoms with Gasteiger partial charge >= 0.3 is 0 Å². The van der Waals surface area contributed by atoms with Crippen molar-refractivity contribution in [2.45, 2.75) is 13.5 Å². The largest absolute Gasteiger partial charge is 0.381 e. The zero-order valence-corrected chi connectivity index (χ0v) is 12.8. The lowest BCUT2D eigenvalue weighted by Gasteiger charge is -2.11. The third-order valence-electron chi connectivity index (χ3n) is 2.77. The maximum absolute atomic E-state index is 13.5. The fourth-order valence-corrected chi connectivity index (χ4v) is 2.18. The van der Waals surface area contributed by atoms with Crippen LogP contribution in [0.4, 0.5) is 20.2 Å². The molecule has 0 unspecified atom stereocenters. The van der Waals surface area contributed by atoms with E-state index in [9.17, 15) is 13.6 Å². The summed E-state index contributed by atoms with van der Waals surface area (Å²) in [6.07, 6.45) is 0. The van der Waals surface area contributed by atoms with E-state index < -0.39 is 5.82 Å². The Hall–Kier alpha value is -1.95. The molecule has 1 amide bonds. The molecule has 0 aliphatic heterocycles. The van der Waals surface area contributed by atoms with Gasteiger partial charge in [-0.1, -0.05) is 15.9 Å². The summed E-state index contributed by atoms with van der Waals surface area (Å²) in [6.45, 7) is 1.67. The molecule has 0 aliphatic rings. The zero-order chi connectivity index (χ0) is 15.4. The Balaban J connectivity index is 2.13. The highest BCUT2D eigenvalue weighted by atomic mass is 79.9. The van der Waals surface area contributed by atoms with Crippen LogP contribution in [-0.2, 0) is 11.3 Å². The third kappa shape index (κ3) is 4.26.